The first-order valence-electron chi connectivity index (χ1n) is 4.02. The van der Waals surface area contributed by atoms with Gasteiger partial charge in [-0.3, -0.25) is 0 Å². The van der Waals surface area contributed by atoms with Crippen LogP contribution < -0.4 is 4.74 Å². The van der Waals surface area contributed by atoms with E-state index in [1.165, 1.54) is 12.1 Å². The number of ether oxygens (including phenoxy) is 1. The fourth-order valence-corrected chi connectivity index (χ4v) is 1.02. The summed E-state index contributed by atoms with van der Waals surface area (Å²) in [4.78, 5) is 0. The van der Waals surface area contributed by atoms with Crippen molar-refractivity contribution in [2.24, 2.45) is 0 Å². The average molecular weight is 179 g/mol. The lowest BCUT2D eigenvalue weighted by atomic mass is 10.1. The van der Waals surface area contributed by atoms with Gasteiger partial charge in [0, 0.05) is 0 Å². The van der Waals surface area contributed by atoms with Gasteiger partial charge in [0.25, 0.3) is 0 Å². The third-order valence-electron chi connectivity index (χ3n) is 1.68. The Balaban J connectivity index is 3.18. The van der Waals surface area contributed by atoms with Gasteiger partial charge in [-0.2, -0.15) is 5.26 Å². The maximum atomic E-state index is 13.0. The number of nitrogens with zero attached hydrogens (tertiary/aromatic N) is 1. The van der Waals surface area contributed by atoms with Crippen molar-refractivity contribution in [2.75, 3.05) is 6.61 Å². The smallest absolute Gasteiger partial charge is 0.137 e. The van der Waals surface area contributed by atoms with E-state index in [1.807, 2.05) is 13.0 Å². The number of benzene rings is 1. The van der Waals surface area contributed by atoms with E-state index in [0.29, 0.717) is 17.9 Å². The Morgan fingerprint density at radius 3 is 2.77 bits per heavy atom. The number of aryl methyl sites for hydroxylation is 1. The summed E-state index contributed by atoms with van der Waals surface area (Å²) in [6, 6.07) is 4.62. The van der Waals surface area contributed by atoms with E-state index in [0.717, 1.165) is 0 Å². The molecule has 0 fully saturated rings. The molecule has 0 saturated carbocycles. The summed E-state index contributed by atoms with van der Waals surface area (Å²) in [6.45, 7) is 3.93. The van der Waals surface area contributed by atoms with Gasteiger partial charge in [0.05, 0.1) is 12.2 Å². The maximum Gasteiger partial charge on any atom is 0.137 e. The van der Waals surface area contributed by atoms with Gasteiger partial charge in [-0.15, -0.1) is 0 Å². The molecule has 68 valence electrons. The Kier molecular flexibility index (Phi) is 2.86. The van der Waals surface area contributed by atoms with Crippen LogP contribution in [-0.2, 0) is 0 Å². The van der Waals surface area contributed by atoms with Crippen molar-refractivity contribution in [3.63, 3.8) is 0 Å². The molecule has 0 bridgehead atoms. The molecule has 0 N–H and O–H groups in total. The molecule has 0 aliphatic carbocycles. The van der Waals surface area contributed by atoms with Crippen LogP contribution in [0.25, 0.3) is 0 Å². The molecule has 0 amide bonds. The monoisotopic (exact) mass is 179 g/mol. The lowest BCUT2D eigenvalue weighted by molar-refractivity contribution is 0.338. The van der Waals surface area contributed by atoms with Crippen molar-refractivity contribution in [1.29, 1.82) is 5.26 Å². The normalized spacial score (nSPS) is 9.38. The summed E-state index contributed by atoms with van der Waals surface area (Å²) in [5.74, 6) is 0.0731. The van der Waals surface area contributed by atoms with E-state index in [2.05, 4.69) is 0 Å². The highest BCUT2D eigenvalue weighted by Gasteiger charge is 2.07. The second-order valence-electron chi connectivity index (χ2n) is 2.64. The largest absolute Gasteiger partial charge is 0.492 e. The zero-order valence-corrected chi connectivity index (χ0v) is 7.60. The average Bonchev–Trinajstić information content (AvgIpc) is 2.11. The summed E-state index contributed by atoms with van der Waals surface area (Å²) >= 11 is 0. The molecule has 0 unspecified atom stereocenters. The predicted octanol–water partition coefficient (Wildman–Crippen LogP) is 2.40. The quantitative estimate of drug-likeness (QED) is 0.698. The molecule has 3 heteroatoms. The molecule has 0 spiro atoms. The van der Waals surface area contributed by atoms with Gasteiger partial charge in [0.2, 0.25) is 0 Å². The van der Waals surface area contributed by atoms with Gasteiger partial charge >= 0.3 is 0 Å². The van der Waals surface area contributed by atoms with Crippen molar-refractivity contribution in [3.05, 3.63) is 29.1 Å². The Bertz CT molecular complexity index is 355. The topological polar surface area (TPSA) is 33.0 Å². The second-order valence-corrected chi connectivity index (χ2v) is 2.64. The molecule has 1 aromatic carbocycles. The molecule has 0 aliphatic rings. The number of rotatable bonds is 2. The van der Waals surface area contributed by atoms with Crippen molar-refractivity contribution in [1.82, 2.24) is 0 Å². The van der Waals surface area contributed by atoms with Crippen LogP contribution in [0.15, 0.2) is 12.1 Å². The molecule has 0 atom stereocenters. The second kappa shape index (κ2) is 3.90. The third-order valence-corrected chi connectivity index (χ3v) is 1.68. The van der Waals surface area contributed by atoms with Gasteiger partial charge < -0.3 is 4.74 Å². The summed E-state index contributed by atoms with van der Waals surface area (Å²) in [7, 11) is 0. The Labute approximate surface area is 76.6 Å². The maximum absolute atomic E-state index is 13.0. The van der Waals surface area contributed by atoms with Gasteiger partial charge in [0.15, 0.2) is 0 Å². The van der Waals surface area contributed by atoms with Crippen LogP contribution in [0, 0.1) is 24.1 Å². The van der Waals surface area contributed by atoms with Crippen LogP contribution in [-0.4, -0.2) is 6.61 Å². The standard InChI is InChI=1S/C10H10FNO/c1-3-13-10-4-7(2)9(11)5-8(10)6-12/h4-5H,3H2,1-2H3. The van der Waals surface area contributed by atoms with Gasteiger partial charge in [0.1, 0.15) is 17.6 Å². The Morgan fingerprint density at radius 2 is 2.23 bits per heavy atom. The molecule has 0 radical (unpaired) electrons. The van der Waals surface area contributed by atoms with Crippen LogP contribution in [0.1, 0.15) is 18.1 Å². The highest BCUT2D eigenvalue weighted by molar-refractivity contribution is 5.45. The van der Waals surface area contributed by atoms with E-state index in [9.17, 15) is 4.39 Å². The van der Waals surface area contributed by atoms with Crippen molar-refractivity contribution in [3.8, 4) is 11.8 Å². The summed E-state index contributed by atoms with van der Waals surface area (Å²) in [5.41, 5.74) is 0.729. The van der Waals surface area contributed by atoms with E-state index >= 15 is 0 Å². The minimum Gasteiger partial charge on any atom is -0.492 e. The van der Waals surface area contributed by atoms with Crippen molar-refractivity contribution < 1.29 is 9.13 Å². The van der Waals surface area contributed by atoms with E-state index < -0.39 is 0 Å². The molecule has 0 aliphatic heterocycles. The fourth-order valence-electron chi connectivity index (χ4n) is 1.02. The van der Waals surface area contributed by atoms with Crippen LogP contribution in [0.4, 0.5) is 4.39 Å². The van der Waals surface area contributed by atoms with Gasteiger partial charge in [-0.1, -0.05) is 0 Å². The number of nitriles is 1. The van der Waals surface area contributed by atoms with E-state index in [4.69, 9.17) is 10.00 Å². The zero-order chi connectivity index (χ0) is 9.84. The molecular weight excluding hydrogens is 169 g/mol. The van der Waals surface area contributed by atoms with E-state index in [-0.39, 0.29) is 11.4 Å². The summed E-state index contributed by atoms with van der Waals surface area (Å²) < 4.78 is 18.2. The fraction of sp³-hybridized carbons (Fsp3) is 0.300. The van der Waals surface area contributed by atoms with Crippen LogP contribution in [0.2, 0.25) is 0 Å². The molecule has 2 nitrogen and oxygen atoms in total. The van der Waals surface area contributed by atoms with Crippen LogP contribution in [0.3, 0.4) is 0 Å². The number of halogens is 1. The number of hydrogen-bond acceptors (Lipinski definition) is 2. The highest BCUT2D eigenvalue weighted by atomic mass is 19.1. The minimum absolute atomic E-state index is 0.241. The minimum atomic E-state index is -0.375. The van der Waals surface area contributed by atoms with E-state index in [1.54, 1.807) is 6.92 Å². The molecular formula is C10H10FNO. The number of hydrogen-bond donors (Lipinski definition) is 0. The van der Waals surface area contributed by atoms with Gasteiger partial charge in [-0.25, -0.2) is 4.39 Å². The Morgan fingerprint density at radius 1 is 1.54 bits per heavy atom. The lowest BCUT2D eigenvalue weighted by Crippen LogP contribution is -1.96. The predicted molar refractivity (Wildman–Crippen MR) is 47.0 cm³/mol. The molecule has 13 heavy (non-hydrogen) atoms. The summed E-state index contributed by atoms with van der Waals surface area (Å²) in [6.07, 6.45) is 0. The zero-order valence-electron chi connectivity index (χ0n) is 7.60. The molecule has 0 saturated heterocycles. The third kappa shape index (κ3) is 1.97. The lowest BCUT2D eigenvalue weighted by Gasteiger charge is -2.06. The molecule has 1 aromatic rings. The van der Waals surface area contributed by atoms with Crippen LogP contribution in [0.5, 0.6) is 5.75 Å². The highest BCUT2D eigenvalue weighted by Crippen LogP contribution is 2.21. The molecule has 0 aromatic heterocycles. The first-order valence-corrected chi connectivity index (χ1v) is 4.02. The van der Waals surface area contributed by atoms with Crippen LogP contribution >= 0.6 is 0 Å². The molecule has 1 rings (SSSR count). The first kappa shape index (κ1) is 9.53. The molecule has 0 heterocycles. The first-order chi connectivity index (χ1) is 6.19. The van der Waals surface area contributed by atoms with Crippen molar-refractivity contribution in [2.45, 2.75) is 13.8 Å². The Hall–Kier alpha value is -1.56. The van der Waals surface area contributed by atoms with Crippen molar-refractivity contribution >= 4 is 0 Å². The summed E-state index contributed by atoms with van der Waals surface area (Å²) in [5, 5.41) is 8.66. The SMILES string of the molecule is CCOc1cc(C)c(F)cc1C#N. The van der Waals surface area contributed by atoms with Gasteiger partial charge in [-0.05, 0) is 31.5 Å².